The average Bonchev–Trinajstić information content (AvgIpc) is 2.42. The van der Waals surface area contributed by atoms with Crippen molar-refractivity contribution in [3.8, 4) is 0 Å². The molecule has 0 bridgehead atoms. The maximum Gasteiger partial charge on any atom is 0.0419 e. The van der Waals surface area contributed by atoms with Crippen LogP contribution in [0.15, 0.2) is 18.2 Å². The van der Waals surface area contributed by atoms with Gasteiger partial charge in [0.15, 0.2) is 0 Å². The van der Waals surface area contributed by atoms with E-state index in [-0.39, 0.29) is 0 Å². The summed E-state index contributed by atoms with van der Waals surface area (Å²) in [4.78, 5) is 4.69. The molecule has 3 N–H and O–H groups in total. The summed E-state index contributed by atoms with van der Waals surface area (Å²) in [7, 11) is 4.24. The zero-order valence-corrected chi connectivity index (χ0v) is 12.9. The van der Waals surface area contributed by atoms with E-state index < -0.39 is 0 Å². The van der Waals surface area contributed by atoms with Gasteiger partial charge in [-0.05, 0) is 64.1 Å². The van der Waals surface area contributed by atoms with Crippen LogP contribution in [0.1, 0.15) is 18.4 Å². The Labute approximate surface area is 122 Å². The summed E-state index contributed by atoms with van der Waals surface area (Å²) in [5.74, 6) is 0. The van der Waals surface area contributed by atoms with Crippen LogP contribution in [-0.2, 0) is 6.42 Å². The lowest BCUT2D eigenvalue weighted by Crippen LogP contribution is -2.36. The molecule has 0 radical (unpaired) electrons. The van der Waals surface area contributed by atoms with Crippen LogP contribution >= 0.6 is 0 Å². The van der Waals surface area contributed by atoms with E-state index in [1.807, 2.05) is 6.07 Å². The van der Waals surface area contributed by atoms with E-state index in [1.54, 1.807) is 0 Å². The number of hydrogen-bond donors (Lipinski definition) is 2. The van der Waals surface area contributed by atoms with Crippen LogP contribution in [0.2, 0.25) is 0 Å². The van der Waals surface area contributed by atoms with Crippen molar-refractivity contribution in [2.45, 2.75) is 19.3 Å². The number of nitrogens with one attached hydrogen (secondary N) is 1. The van der Waals surface area contributed by atoms with Crippen LogP contribution in [0.25, 0.3) is 0 Å². The first-order valence-corrected chi connectivity index (χ1v) is 7.65. The van der Waals surface area contributed by atoms with Gasteiger partial charge < -0.3 is 20.9 Å². The van der Waals surface area contributed by atoms with Gasteiger partial charge in [0, 0.05) is 31.0 Å². The quantitative estimate of drug-likeness (QED) is 0.586. The Morgan fingerprint density at radius 1 is 1.30 bits per heavy atom. The Hall–Kier alpha value is -1.26. The van der Waals surface area contributed by atoms with Crippen LogP contribution in [0.5, 0.6) is 0 Å². The summed E-state index contributed by atoms with van der Waals surface area (Å²) in [5.41, 5.74) is 9.57. The smallest absolute Gasteiger partial charge is 0.0419 e. The SMILES string of the molecule is CN(C)CCCNCCN1CCCc2ccc(N)cc21. The van der Waals surface area contributed by atoms with Gasteiger partial charge in [0.25, 0.3) is 0 Å². The van der Waals surface area contributed by atoms with Crippen LogP contribution in [0.4, 0.5) is 11.4 Å². The zero-order chi connectivity index (χ0) is 14.4. The van der Waals surface area contributed by atoms with Crippen molar-refractivity contribution < 1.29 is 0 Å². The Bertz CT molecular complexity index is 417. The zero-order valence-electron chi connectivity index (χ0n) is 12.9. The van der Waals surface area contributed by atoms with Gasteiger partial charge in [-0.3, -0.25) is 0 Å². The van der Waals surface area contributed by atoms with Crippen molar-refractivity contribution >= 4 is 11.4 Å². The number of rotatable bonds is 7. The van der Waals surface area contributed by atoms with Gasteiger partial charge in [-0.15, -0.1) is 0 Å². The number of nitrogen functional groups attached to an aromatic ring is 1. The molecule has 20 heavy (non-hydrogen) atoms. The van der Waals surface area contributed by atoms with E-state index in [2.05, 4.69) is 41.3 Å². The van der Waals surface area contributed by atoms with E-state index >= 15 is 0 Å². The number of nitrogens with two attached hydrogens (primary N) is 1. The molecule has 1 aliphatic rings. The van der Waals surface area contributed by atoms with E-state index in [4.69, 9.17) is 5.73 Å². The minimum atomic E-state index is 0.870. The highest BCUT2D eigenvalue weighted by Gasteiger charge is 2.16. The van der Waals surface area contributed by atoms with Crippen molar-refractivity contribution in [2.75, 3.05) is 57.5 Å². The van der Waals surface area contributed by atoms with Gasteiger partial charge in [-0.25, -0.2) is 0 Å². The third-order valence-corrected chi connectivity index (χ3v) is 3.84. The van der Waals surface area contributed by atoms with Crippen LogP contribution in [0.3, 0.4) is 0 Å². The largest absolute Gasteiger partial charge is 0.399 e. The number of nitrogens with zero attached hydrogens (tertiary/aromatic N) is 2. The Morgan fingerprint density at radius 2 is 2.15 bits per heavy atom. The lowest BCUT2D eigenvalue weighted by Gasteiger charge is -2.31. The van der Waals surface area contributed by atoms with Crippen LogP contribution in [-0.4, -0.2) is 51.7 Å². The third kappa shape index (κ3) is 4.39. The van der Waals surface area contributed by atoms with Gasteiger partial charge in [-0.2, -0.15) is 0 Å². The van der Waals surface area contributed by atoms with E-state index in [0.717, 1.165) is 38.4 Å². The van der Waals surface area contributed by atoms with Gasteiger partial charge in [0.05, 0.1) is 0 Å². The Balaban J connectivity index is 1.76. The molecule has 4 nitrogen and oxygen atoms in total. The van der Waals surface area contributed by atoms with Crippen molar-refractivity contribution in [3.63, 3.8) is 0 Å². The minimum absolute atomic E-state index is 0.870. The van der Waals surface area contributed by atoms with Crippen molar-refractivity contribution in [2.24, 2.45) is 0 Å². The highest BCUT2D eigenvalue weighted by Crippen LogP contribution is 2.28. The predicted molar refractivity (Wildman–Crippen MR) is 87.4 cm³/mol. The molecular weight excluding hydrogens is 248 g/mol. The molecule has 1 aromatic rings. The first-order valence-electron chi connectivity index (χ1n) is 7.65. The molecule has 4 heteroatoms. The number of hydrogen-bond acceptors (Lipinski definition) is 4. The number of aryl methyl sites for hydroxylation is 1. The van der Waals surface area contributed by atoms with E-state index in [0.29, 0.717) is 0 Å². The molecule has 0 atom stereocenters. The standard InChI is InChI=1S/C16H28N4/c1-19(2)10-4-8-18-9-12-20-11-3-5-14-6-7-15(17)13-16(14)20/h6-7,13,18H,3-5,8-12,17H2,1-2H3. The summed E-state index contributed by atoms with van der Waals surface area (Å²) < 4.78 is 0. The molecule has 1 heterocycles. The molecule has 0 fully saturated rings. The van der Waals surface area contributed by atoms with Gasteiger partial charge >= 0.3 is 0 Å². The number of fused-ring (bicyclic) bond motifs is 1. The minimum Gasteiger partial charge on any atom is -0.399 e. The van der Waals surface area contributed by atoms with E-state index in [9.17, 15) is 0 Å². The highest BCUT2D eigenvalue weighted by molar-refractivity contribution is 5.62. The fourth-order valence-corrected chi connectivity index (χ4v) is 2.76. The maximum atomic E-state index is 5.92. The average molecular weight is 276 g/mol. The molecule has 1 aliphatic heterocycles. The predicted octanol–water partition coefficient (Wildman–Crippen LogP) is 1.56. The molecule has 112 valence electrons. The second kappa shape index (κ2) is 7.50. The Morgan fingerprint density at radius 3 is 2.95 bits per heavy atom. The summed E-state index contributed by atoms with van der Waals surface area (Å²) in [6.07, 6.45) is 3.64. The van der Waals surface area contributed by atoms with E-state index in [1.165, 1.54) is 30.5 Å². The molecule has 0 saturated carbocycles. The first-order chi connectivity index (χ1) is 9.66. The molecule has 0 saturated heterocycles. The Kier molecular flexibility index (Phi) is 5.68. The lowest BCUT2D eigenvalue weighted by molar-refractivity contribution is 0.395. The van der Waals surface area contributed by atoms with Crippen molar-refractivity contribution in [1.82, 2.24) is 10.2 Å². The second-order valence-electron chi connectivity index (χ2n) is 5.89. The monoisotopic (exact) mass is 276 g/mol. The topological polar surface area (TPSA) is 44.5 Å². The van der Waals surface area contributed by atoms with Gasteiger partial charge in [0.2, 0.25) is 0 Å². The molecule has 2 rings (SSSR count). The molecule has 0 amide bonds. The van der Waals surface area contributed by atoms with Crippen LogP contribution < -0.4 is 16.0 Å². The van der Waals surface area contributed by atoms with Gasteiger partial charge in [-0.1, -0.05) is 6.07 Å². The second-order valence-corrected chi connectivity index (χ2v) is 5.89. The lowest BCUT2D eigenvalue weighted by atomic mass is 10.0. The molecule has 0 spiro atoms. The van der Waals surface area contributed by atoms with Gasteiger partial charge in [0.1, 0.15) is 0 Å². The summed E-state index contributed by atoms with van der Waals surface area (Å²) in [6, 6.07) is 6.32. The number of anilines is 2. The fourth-order valence-electron chi connectivity index (χ4n) is 2.76. The number of benzene rings is 1. The first kappa shape index (κ1) is 15.1. The summed E-state index contributed by atoms with van der Waals surface area (Å²) in [6.45, 7) is 5.50. The van der Waals surface area contributed by atoms with Crippen LogP contribution in [0, 0.1) is 0 Å². The third-order valence-electron chi connectivity index (χ3n) is 3.84. The molecule has 1 aromatic carbocycles. The highest BCUT2D eigenvalue weighted by atomic mass is 15.1. The van der Waals surface area contributed by atoms with Crippen molar-refractivity contribution in [3.05, 3.63) is 23.8 Å². The molecule has 0 unspecified atom stereocenters. The molecular formula is C16H28N4. The molecule has 0 aromatic heterocycles. The molecule has 0 aliphatic carbocycles. The fraction of sp³-hybridized carbons (Fsp3) is 0.625. The maximum absolute atomic E-state index is 5.92. The normalized spacial score (nSPS) is 14.7. The summed E-state index contributed by atoms with van der Waals surface area (Å²) in [5, 5.41) is 3.53. The van der Waals surface area contributed by atoms with Crippen molar-refractivity contribution in [1.29, 1.82) is 0 Å². The summed E-state index contributed by atoms with van der Waals surface area (Å²) >= 11 is 0.